The van der Waals surface area contributed by atoms with Crippen molar-refractivity contribution in [2.24, 2.45) is 0 Å². The zero-order valence-corrected chi connectivity index (χ0v) is 7.42. The van der Waals surface area contributed by atoms with E-state index >= 15 is 0 Å². The summed E-state index contributed by atoms with van der Waals surface area (Å²) in [6.07, 6.45) is 0. The molecular weight excluding hydrogens is 176 g/mol. The number of aliphatic hydroxyl groups excluding tert-OH is 1. The summed E-state index contributed by atoms with van der Waals surface area (Å²) in [5.74, 6) is 0. The maximum Gasteiger partial charge on any atom is 0.0319 e. The van der Waals surface area contributed by atoms with Crippen LogP contribution in [0.1, 0.15) is 0 Å². The Morgan fingerprint density at radius 3 is 1.25 bits per heavy atom. The van der Waals surface area contributed by atoms with Gasteiger partial charge in [0.05, 0.1) is 0 Å². The molecule has 0 unspecified atom stereocenters. The van der Waals surface area contributed by atoms with Gasteiger partial charge in [-0.2, -0.15) is 0 Å². The summed E-state index contributed by atoms with van der Waals surface area (Å²) in [5, 5.41) is 7.00. The van der Waals surface area contributed by atoms with Gasteiger partial charge in [-0.1, -0.05) is 0 Å². The van der Waals surface area contributed by atoms with E-state index in [1.807, 2.05) is 0 Å². The molecule has 0 radical (unpaired) electrons. The van der Waals surface area contributed by atoms with Crippen LogP contribution in [0.4, 0.5) is 0 Å². The van der Waals surface area contributed by atoms with Gasteiger partial charge in [0.25, 0.3) is 0 Å². The molecule has 24 valence electrons. The minimum absolute atomic E-state index is 0. The summed E-state index contributed by atoms with van der Waals surface area (Å²) < 4.78 is 0. The van der Waals surface area contributed by atoms with Crippen molar-refractivity contribution in [2.75, 3.05) is 7.11 Å². The van der Waals surface area contributed by atoms with Gasteiger partial charge in [0.2, 0.25) is 0 Å². The predicted octanol–water partition coefficient (Wildman–Crippen LogP) is 0.0278. The molecule has 1 N–H and O–H groups in total. The first kappa shape index (κ1) is 19.1. The Kier molecular flexibility index (Phi) is 146. The average Bonchev–Trinajstić information content (AvgIpc) is 1.00. The third kappa shape index (κ3) is 10.9. The van der Waals surface area contributed by atoms with Gasteiger partial charge in [0.15, 0.2) is 0 Å². The summed E-state index contributed by atoms with van der Waals surface area (Å²) >= 11 is 0. The van der Waals surface area contributed by atoms with Crippen LogP contribution in [0, 0.1) is 0 Å². The van der Waals surface area contributed by atoms with Crippen LogP contribution in [0.15, 0.2) is 0 Å². The van der Waals surface area contributed by atoms with Crippen molar-refractivity contribution in [3.63, 3.8) is 0 Å². The second kappa shape index (κ2) is 30.6. The van der Waals surface area contributed by atoms with Crippen LogP contribution in [-0.2, 0) is 27.3 Å². The first-order chi connectivity index (χ1) is 1.00. The van der Waals surface area contributed by atoms with Crippen LogP contribution >= 0.6 is 12.4 Å². The van der Waals surface area contributed by atoms with E-state index in [0.29, 0.717) is 0 Å². The summed E-state index contributed by atoms with van der Waals surface area (Å²) in [6.45, 7) is 0. The predicted molar refractivity (Wildman–Crippen MR) is 15.4 cm³/mol. The molecule has 0 saturated heterocycles. The van der Waals surface area contributed by atoms with Crippen molar-refractivity contribution in [2.45, 2.75) is 0 Å². The average molecular weight is 181 g/mol. The minimum atomic E-state index is 0. The molecule has 4 heavy (non-hydrogen) atoms. The van der Waals surface area contributed by atoms with Crippen LogP contribution < -0.4 is 0 Å². The molecule has 0 aliphatic heterocycles. The third-order valence-corrected chi connectivity index (χ3v) is 0. The van der Waals surface area contributed by atoms with Crippen molar-refractivity contribution in [1.29, 1.82) is 0 Å². The molecule has 0 spiro atoms. The van der Waals surface area contributed by atoms with Gasteiger partial charge < -0.3 is 5.11 Å². The molecule has 0 rings (SSSR count). The fraction of sp³-hybridized carbons (Fsp3) is 1.00. The number of rotatable bonds is 0. The Bertz CT molecular complexity index is 8.00. The Hall–Kier alpha value is 1.17. The zero-order valence-electron chi connectivity index (χ0n) is 2.56. The minimum Gasteiger partial charge on any atom is -0.400 e. The molecule has 0 aromatic rings. The van der Waals surface area contributed by atoms with E-state index < -0.39 is 0 Å². The van der Waals surface area contributed by atoms with Crippen LogP contribution in [0.2, 0.25) is 0 Å². The molecular formula is CH5CdClO. The van der Waals surface area contributed by atoms with Gasteiger partial charge in [0, 0.05) is 34.4 Å². The summed E-state index contributed by atoms with van der Waals surface area (Å²) in [6, 6.07) is 0. The Morgan fingerprint density at radius 2 is 1.25 bits per heavy atom. The van der Waals surface area contributed by atoms with Crippen molar-refractivity contribution in [1.82, 2.24) is 0 Å². The van der Waals surface area contributed by atoms with Gasteiger partial charge in [-0.15, -0.1) is 12.4 Å². The van der Waals surface area contributed by atoms with Crippen LogP contribution in [0.5, 0.6) is 0 Å². The maximum absolute atomic E-state index is 7.00. The number of halogens is 1. The van der Waals surface area contributed by atoms with Crippen molar-refractivity contribution in [3.05, 3.63) is 0 Å². The quantitative estimate of drug-likeness (QED) is 0.522. The molecule has 3 heteroatoms. The van der Waals surface area contributed by atoms with Gasteiger partial charge in [-0.25, -0.2) is 0 Å². The Morgan fingerprint density at radius 1 is 1.25 bits per heavy atom. The molecule has 0 bridgehead atoms. The Labute approximate surface area is 52.0 Å². The van der Waals surface area contributed by atoms with E-state index in [1.54, 1.807) is 0 Å². The van der Waals surface area contributed by atoms with E-state index in [9.17, 15) is 0 Å². The van der Waals surface area contributed by atoms with Crippen molar-refractivity contribution in [3.8, 4) is 0 Å². The van der Waals surface area contributed by atoms with Crippen LogP contribution in [0.3, 0.4) is 0 Å². The molecule has 0 aromatic carbocycles. The number of aliphatic hydroxyl groups is 1. The topological polar surface area (TPSA) is 20.2 Å². The van der Waals surface area contributed by atoms with Crippen molar-refractivity contribution < 1.29 is 32.4 Å². The van der Waals surface area contributed by atoms with Crippen LogP contribution in [0.25, 0.3) is 0 Å². The second-order valence-electron chi connectivity index (χ2n) is 0. The normalized spacial score (nSPS) is 1.50. The van der Waals surface area contributed by atoms with E-state index in [-0.39, 0.29) is 39.7 Å². The monoisotopic (exact) mass is 182 g/mol. The largest absolute Gasteiger partial charge is 0.400 e. The Balaban J connectivity index is -0.00000000500. The van der Waals surface area contributed by atoms with Crippen molar-refractivity contribution >= 4 is 12.4 Å². The first-order valence-electron chi connectivity index (χ1n) is 0.447. The summed E-state index contributed by atoms with van der Waals surface area (Å²) in [4.78, 5) is 0. The molecule has 0 aliphatic rings. The SMILES string of the molecule is CO.Cl.[Cd]. The van der Waals surface area contributed by atoms with E-state index in [2.05, 4.69) is 0 Å². The number of hydrogen-bond acceptors (Lipinski definition) is 1. The second-order valence-corrected chi connectivity index (χ2v) is 0. The first-order valence-corrected chi connectivity index (χ1v) is 0.447. The molecule has 0 amide bonds. The van der Waals surface area contributed by atoms with Crippen LogP contribution in [-0.4, -0.2) is 12.2 Å². The van der Waals surface area contributed by atoms with E-state index in [0.717, 1.165) is 7.11 Å². The van der Waals surface area contributed by atoms with Gasteiger partial charge in [0.1, 0.15) is 0 Å². The molecule has 1 nitrogen and oxygen atoms in total. The molecule has 0 fully saturated rings. The fourth-order valence-corrected chi connectivity index (χ4v) is 0. The van der Waals surface area contributed by atoms with Gasteiger partial charge >= 0.3 is 0 Å². The van der Waals surface area contributed by atoms with Gasteiger partial charge in [-0.3, -0.25) is 0 Å². The summed E-state index contributed by atoms with van der Waals surface area (Å²) in [7, 11) is 1.00. The van der Waals surface area contributed by atoms with E-state index in [4.69, 9.17) is 5.11 Å². The maximum atomic E-state index is 7.00. The third-order valence-electron chi connectivity index (χ3n) is 0. The van der Waals surface area contributed by atoms with E-state index in [1.165, 1.54) is 0 Å². The molecule has 0 aliphatic carbocycles. The van der Waals surface area contributed by atoms with Gasteiger partial charge in [-0.05, 0) is 0 Å². The smallest absolute Gasteiger partial charge is 0.0319 e. The summed E-state index contributed by atoms with van der Waals surface area (Å²) in [5.41, 5.74) is 0. The molecule has 0 saturated carbocycles. The molecule has 0 aromatic heterocycles. The molecule has 0 atom stereocenters. The zero-order chi connectivity index (χ0) is 2.00. The molecule has 0 heterocycles. The number of hydrogen-bond donors (Lipinski definition) is 1. The standard InChI is InChI=1S/CH4O.Cd.ClH/c1-2;;/h2H,1H3;;1H. The fourth-order valence-electron chi connectivity index (χ4n) is 0.